The molecule has 0 aliphatic carbocycles. The van der Waals surface area contributed by atoms with Gasteiger partial charge in [-0.3, -0.25) is 0 Å². The van der Waals surface area contributed by atoms with Gasteiger partial charge in [-0.2, -0.15) is 0 Å². The Morgan fingerprint density at radius 1 is 1.23 bits per heavy atom. The summed E-state index contributed by atoms with van der Waals surface area (Å²) >= 11 is 5.90. The summed E-state index contributed by atoms with van der Waals surface area (Å²) in [6, 6.07) is 6.78. The highest BCUT2D eigenvalue weighted by molar-refractivity contribution is 6.30. The standard InChI is InChI=1S/C21H21ClN2O7/c1-3-28-20(26)18-14(23-21(27)24-19(18)16-5-4-8-29-16)10-31-17(25)11-30-15-7-6-13(22)9-12(15)2/h4-9,19H,3,10-11H2,1-2H3,(H2,23,24,27). The number of benzene rings is 1. The topological polar surface area (TPSA) is 116 Å². The molecule has 3 rings (SSSR count). The monoisotopic (exact) mass is 448 g/mol. The van der Waals surface area contributed by atoms with Gasteiger partial charge in [0.1, 0.15) is 24.2 Å². The minimum Gasteiger partial charge on any atom is -0.482 e. The lowest BCUT2D eigenvalue weighted by Gasteiger charge is -2.27. The molecule has 10 heteroatoms. The van der Waals surface area contributed by atoms with Crippen molar-refractivity contribution in [1.82, 2.24) is 10.6 Å². The van der Waals surface area contributed by atoms with Crippen molar-refractivity contribution in [2.75, 3.05) is 19.8 Å². The first kappa shape index (κ1) is 22.2. The lowest BCUT2D eigenvalue weighted by Crippen LogP contribution is -2.47. The molecule has 1 aromatic carbocycles. The predicted molar refractivity (Wildman–Crippen MR) is 109 cm³/mol. The molecule has 1 atom stereocenters. The molecule has 0 radical (unpaired) electrons. The molecule has 0 fully saturated rings. The van der Waals surface area contributed by atoms with Crippen LogP contribution in [0.2, 0.25) is 5.02 Å². The highest BCUT2D eigenvalue weighted by Gasteiger charge is 2.35. The van der Waals surface area contributed by atoms with Crippen molar-refractivity contribution in [3.05, 3.63) is 64.2 Å². The van der Waals surface area contributed by atoms with E-state index in [1.165, 1.54) is 6.26 Å². The zero-order chi connectivity index (χ0) is 22.4. The first-order valence-corrected chi connectivity index (χ1v) is 9.82. The number of hydrogen-bond acceptors (Lipinski definition) is 7. The number of halogens is 1. The van der Waals surface area contributed by atoms with Crippen LogP contribution < -0.4 is 15.4 Å². The van der Waals surface area contributed by atoms with E-state index in [2.05, 4.69) is 10.6 Å². The number of nitrogens with one attached hydrogen (secondary N) is 2. The fourth-order valence-electron chi connectivity index (χ4n) is 2.96. The fourth-order valence-corrected chi connectivity index (χ4v) is 3.18. The maximum absolute atomic E-state index is 12.6. The number of carbonyl (C=O) groups excluding carboxylic acids is 3. The highest BCUT2D eigenvalue weighted by atomic mass is 35.5. The van der Waals surface area contributed by atoms with Crippen molar-refractivity contribution in [3.63, 3.8) is 0 Å². The molecular weight excluding hydrogens is 428 g/mol. The number of hydrogen-bond donors (Lipinski definition) is 2. The van der Waals surface area contributed by atoms with Crippen molar-refractivity contribution in [2.24, 2.45) is 0 Å². The molecular formula is C21H21ClN2O7. The molecule has 31 heavy (non-hydrogen) atoms. The maximum Gasteiger partial charge on any atom is 0.344 e. The second-order valence-electron chi connectivity index (χ2n) is 6.52. The molecule has 1 aliphatic heterocycles. The highest BCUT2D eigenvalue weighted by Crippen LogP contribution is 2.28. The molecule has 2 N–H and O–H groups in total. The SMILES string of the molecule is CCOC(=O)C1=C(COC(=O)COc2ccc(Cl)cc2C)NC(=O)NC1c1ccco1. The average Bonchev–Trinajstić information content (AvgIpc) is 3.26. The van der Waals surface area contributed by atoms with Crippen LogP contribution in [0.15, 0.2) is 52.3 Å². The molecule has 0 bridgehead atoms. The molecule has 1 aromatic heterocycles. The minimum atomic E-state index is -0.885. The Morgan fingerprint density at radius 3 is 2.71 bits per heavy atom. The molecule has 9 nitrogen and oxygen atoms in total. The van der Waals surface area contributed by atoms with Crippen LogP contribution in [0.25, 0.3) is 0 Å². The van der Waals surface area contributed by atoms with Gasteiger partial charge in [0.25, 0.3) is 0 Å². The van der Waals surface area contributed by atoms with Gasteiger partial charge in [-0.1, -0.05) is 11.6 Å². The van der Waals surface area contributed by atoms with Crippen LogP contribution in [0, 0.1) is 6.92 Å². The predicted octanol–water partition coefficient (Wildman–Crippen LogP) is 3.03. The first-order valence-electron chi connectivity index (χ1n) is 9.44. The third-order valence-corrected chi connectivity index (χ3v) is 4.57. The second-order valence-corrected chi connectivity index (χ2v) is 6.96. The van der Waals surface area contributed by atoms with Gasteiger partial charge in [-0.05, 0) is 49.7 Å². The molecule has 0 spiro atoms. The molecule has 1 aliphatic rings. The van der Waals surface area contributed by atoms with Gasteiger partial charge in [-0.25, -0.2) is 14.4 Å². The Bertz CT molecular complexity index is 1000. The number of furan rings is 1. The summed E-state index contributed by atoms with van der Waals surface area (Å²) in [5, 5.41) is 5.66. The van der Waals surface area contributed by atoms with Crippen LogP contribution in [0.5, 0.6) is 5.75 Å². The fraction of sp³-hybridized carbons (Fsp3) is 0.286. The summed E-state index contributed by atoms with van der Waals surface area (Å²) in [7, 11) is 0. The lowest BCUT2D eigenvalue weighted by atomic mass is 10.0. The van der Waals surface area contributed by atoms with Crippen molar-refractivity contribution >= 4 is 29.6 Å². The quantitative estimate of drug-likeness (QED) is 0.596. The van der Waals surface area contributed by atoms with Gasteiger partial charge in [0, 0.05) is 5.02 Å². The molecule has 0 saturated heterocycles. The summed E-state index contributed by atoms with van der Waals surface area (Å²) in [6.07, 6.45) is 1.42. The van der Waals surface area contributed by atoms with Crippen LogP contribution in [-0.2, 0) is 19.1 Å². The summed E-state index contributed by atoms with van der Waals surface area (Å²) in [4.78, 5) is 36.8. The Morgan fingerprint density at radius 2 is 2.03 bits per heavy atom. The molecule has 0 saturated carbocycles. The summed E-state index contributed by atoms with van der Waals surface area (Å²) in [6.45, 7) is 2.86. The number of rotatable bonds is 8. The van der Waals surface area contributed by atoms with E-state index < -0.39 is 24.0 Å². The van der Waals surface area contributed by atoms with E-state index in [0.717, 1.165) is 5.56 Å². The van der Waals surface area contributed by atoms with E-state index in [4.69, 9.17) is 30.2 Å². The van der Waals surface area contributed by atoms with E-state index in [0.29, 0.717) is 16.5 Å². The Kier molecular flexibility index (Phi) is 7.19. The van der Waals surface area contributed by atoms with Gasteiger partial charge < -0.3 is 29.3 Å². The second kappa shape index (κ2) is 10.0. The van der Waals surface area contributed by atoms with Crippen molar-refractivity contribution in [2.45, 2.75) is 19.9 Å². The van der Waals surface area contributed by atoms with Gasteiger partial charge in [-0.15, -0.1) is 0 Å². The van der Waals surface area contributed by atoms with Crippen LogP contribution in [-0.4, -0.2) is 37.8 Å². The Balaban J connectivity index is 1.72. The summed E-state index contributed by atoms with van der Waals surface area (Å²) < 4.78 is 21.1. The number of esters is 2. The molecule has 2 heterocycles. The van der Waals surface area contributed by atoms with E-state index in [9.17, 15) is 14.4 Å². The summed E-state index contributed by atoms with van der Waals surface area (Å²) in [5.41, 5.74) is 0.942. The third-order valence-electron chi connectivity index (χ3n) is 4.34. The van der Waals surface area contributed by atoms with Gasteiger partial charge in [0.15, 0.2) is 6.61 Å². The minimum absolute atomic E-state index is 0.0821. The van der Waals surface area contributed by atoms with Crippen LogP contribution in [0.1, 0.15) is 24.3 Å². The van der Waals surface area contributed by atoms with Gasteiger partial charge in [0.05, 0.1) is 24.1 Å². The number of aryl methyl sites for hydroxylation is 1. The summed E-state index contributed by atoms with van der Waals surface area (Å²) in [5.74, 6) is -0.535. The number of amides is 2. The van der Waals surface area contributed by atoms with E-state index in [1.54, 1.807) is 44.2 Å². The van der Waals surface area contributed by atoms with Crippen molar-refractivity contribution in [3.8, 4) is 5.75 Å². The first-order chi connectivity index (χ1) is 14.9. The largest absolute Gasteiger partial charge is 0.482 e. The Labute approximate surface area is 183 Å². The third kappa shape index (κ3) is 5.58. The van der Waals surface area contributed by atoms with E-state index >= 15 is 0 Å². The van der Waals surface area contributed by atoms with Crippen LogP contribution >= 0.6 is 11.6 Å². The zero-order valence-electron chi connectivity index (χ0n) is 16.9. The normalized spacial score (nSPS) is 15.7. The molecule has 164 valence electrons. The smallest absolute Gasteiger partial charge is 0.344 e. The van der Waals surface area contributed by atoms with E-state index in [1.807, 2.05) is 0 Å². The van der Waals surface area contributed by atoms with Gasteiger partial charge in [0.2, 0.25) is 0 Å². The molecule has 1 unspecified atom stereocenters. The lowest BCUT2D eigenvalue weighted by molar-refractivity contribution is -0.145. The maximum atomic E-state index is 12.6. The van der Waals surface area contributed by atoms with Crippen LogP contribution in [0.3, 0.4) is 0 Å². The average molecular weight is 449 g/mol. The van der Waals surface area contributed by atoms with Crippen molar-refractivity contribution < 1.29 is 33.0 Å². The zero-order valence-corrected chi connectivity index (χ0v) is 17.7. The number of urea groups is 1. The molecule has 2 amide bonds. The Hall–Kier alpha value is -3.46. The van der Waals surface area contributed by atoms with Crippen molar-refractivity contribution in [1.29, 1.82) is 0 Å². The number of ether oxygens (including phenoxy) is 3. The number of carbonyl (C=O) groups is 3. The molecule has 2 aromatic rings. The van der Waals surface area contributed by atoms with Gasteiger partial charge >= 0.3 is 18.0 Å². The van der Waals surface area contributed by atoms with Crippen LogP contribution in [0.4, 0.5) is 4.79 Å². The van der Waals surface area contributed by atoms with E-state index in [-0.39, 0.29) is 31.1 Å².